The molecule has 0 fully saturated rings. The Bertz CT molecular complexity index is 802. The van der Waals surface area contributed by atoms with Crippen LogP contribution in [0.1, 0.15) is 37.0 Å². The van der Waals surface area contributed by atoms with Crippen molar-refractivity contribution in [1.29, 1.82) is 0 Å². The molecule has 0 saturated heterocycles. The van der Waals surface area contributed by atoms with Crippen molar-refractivity contribution in [3.63, 3.8) is 0 Å². The Kier molecular flexibility index (Phi) is 4.07. The quantitative estimate of drug-likeness (QED) is 0.850. The molecule has 0 radical (unpaired) electrons. The van der Waals surface area contributed by atoms with E-state index in [2.05, 4.69) is 21.7 Å². The average molecular weight is 342 g/mol. The molecule has 0 bridgehead atoms. The molecule has 1 amide bonds. The summed E-state index contributed by atoms with van der Waals surface area (Å²) in [5.74, 6) is 3.18. The lowest BCUT2D eigenvalue weighted by Gasteiger charge is -2.30. The Labute approximate surface area is 146 Å². The van der Waals surface area contributed by atoms with Gasteiger partial charge >= 0.3 is 0 Å². The number of benzene rings is 1. The highest BCUT2D eigenvalue weighted by Crippen LogP contribution is 2.33. The first-order valence-electron chi connectivity index (χ1n) is 8.76. The van der Waals surface area contributed by atoms with E-state index in [-0.39, 0.29) is 11.8 Å². The molecule has 3 heterocycles. The summed E-state index contributed by atoms with van der Waals surface area (Å²) in [6.07, 6.45) is 0.856. The zero-order chi connectivity index (χ0) is 17.4. The maximum absolute atomic E-state index is 12.9. The van der Waals surface area contributed by atoms with Crippen molar-refractivity contribution in [3.8, 4) is 11.5 Å². The van der Waals surface area contributed by atoms with E-state index in [9.17, 15) is 4.79 Å². The molecular formula is C18H22N4O3. The smallest absolute Gasteiger partial charge is 0.230 e. The molecule has 2 aromatic rings. The van der Waals surface area contributed by atoms with E-state index >= 15 is 0 Å². The van der Waals surface area contributed by atoms with Crippen LogP contribution >= 0.6 is 0 Å². The lowest BCUT2D eigenvalue weighted by atomic mass is 9.98. The summed E-state index contributed by atoms with van der Waals surface area (Å²) in [4.78, 5) is 14.8. The number of carbonyl (C=O) groups excluding carboxylic acids is 1. The Balaban J connectivity index is 1.51. The molecular weight excluding hydrogens is 320 g/mol. The lowest BCUT2D eigenvalue weighted by Crippen LogP contribution is -2.40. The second-order valence-electron chi connectivity index (χ2n) is 6.42. The number of aromatic nitrogens is 3. The van der Waals surface area contributed by atoms with Gasteiger partial charge in [0.15, 0.2) is 17.3 Å². The molecule has 1 atom stereocenters. The van der Waals surface area contributed by atoms with Crippen LogP contribution in [0.5, 0.6) is 11.5 Å². The van der Waals surface area contributed by atoms with Gasteiger partial charge in [-0.1, -0.05) is 13.0 Å². The van der Waals surface area contributed by atoms with Gasteiger partial charge < -0.3 is 18.9 Å². The van der Waals surface area contributed by atoms with Crippen molar-refractivity contribution >= 4 is 5.91 Å². The van der Waals surface area contributed by atoms with Crippen LogP contribution in [0.3, 0.4) is 0 Å². The molecule has 25 heavy (non-hydrogen) atoms. The first-order valence-corrected chi connectivity index (χ1v) is 8.76. The van der Waals surface area contributed by atoms with E-state index in [1.807, 2.05) is 30.0 Å². The van der Waals surface area contributed by atoms with Crippen molar-refractivity contribution in [2.45, 2.75) is 39.3 Å². The van der Waals surface area contributed by atoms with Crippen LogP contribution < -0.4 is 9.47 Å². The minimum atomic E-state index is -0.240. The number of carbonyl (C=O) groups is 1. The SMILES string of the molecule is CCc1nnc2n1CCN(C(=O)C(C)c1ccc3c(c1)OCCO3)C2. The third-order valence-corrected chi connectivity index (χ3v) is 4.89. The number of nitrogens with zero attached hydrogens (tertiary/aromatic N) is 4. The zero-order valence-corrected chi connectivity index (χ0v) is 14.6. The fourth-order valence-electron chi connectivity index (χ4n) is 3.41. The molecule has 0 N–H and O–H groups in total. The second kappa shape index (κ2) is 6.38. The predicted molar refractivity (Wildman–Crippen MR) is 90.7 cm³/mol. The molecule has 4 rings (SSSR count). The highest BCUT2D eigenvalue weighted by Gasteiger charge is 2.28. The Morgan fingerprint density at radius 3 is 2.80 bits per heavy atom. The highest BCUT2D eigenvalue weighted by molar-refractivity contribution is 5.83. The van der Waals surface area contributed by atoms with Crippen LogP contribution in [0.15, 0.2) is 18.2 Å². The predicted octanol–water partition coefficient (Wildman–Crippen LogP) is 1.76. The molecule has 1 unspecified atom stereocenters. The van der Waals surface area contributed by atoms with Crippen molar-refractivity contribution in [2.75, 3.05) is 19.8 Å². The van der Waals surface area contributed by atoms with E-state index in [1.165, 1.54) is 0 Å². The van der Waals surface area contributed by atoms with Crippen molar-refractivity contribution < 1.29 is 14.3 Å². The van der Waals surface area contributed by atoms with Crippen LogP contribution in [-0.4, -0.2) is 45.3 Å². The van der Waals surface area contributed by atoms with Crippen LogP contribution in [0.25, 0.3) is 0 Å². The first kappa shape index (κ1) is 15.9. The zero-order valence-electron chi connectivity index (χ0n) is 14.6. The second-order valence-corrected chi connectivity index (χ2v) is 6.42. The van der Waals surface area contributed by atoms with Crippen molar-refractivity contribution in [3.05, 3.63) is 35.4 Å². The van der Waals surface area contributed by atoms with E-state index in [0.29, 0.717) is 26.3 Å². The van der Waals surface area contributed by atoms with Gasteiger partial charge in [-0.3, -0.25) is 4.79 Å². The Morgan fingerprint density at radius 1 is 1.20 bits per heavy atom. The summed E-state index contributed by atoms with van der Waals surface area (Å²) >= 11 is 0. The number of hydrogen-bond acceptors (Lipinski definition) is 5. The van der Waals surface area contributed by atoms with Crippen molar-refractivity contribution in [2.24, 2.45) is 0 Å². The van der Waals surface area contributed by atoms with Gasteiger partial charge in [0.25, 0.3) is 0 Å². The van der Waals surface area contributed by atoms with Gasteiger partial charge in [-0.2, -0.15) is 0 Å². The van der Waals surface area contributed by atoms with E-state index < -0.39 is 0 Å². The van der Waals surface area contributed by atoms with E-state index in [1.54, 1.807) is 0 Å². The molecule has 0 saturated carbocycles. The largest absolute Gasteiger partial charge is 0.486 e. The van der Waals surface area contributed by atoms with Gasteiger partial charge in [-0.05, 0) is 24.6 Å². The normalized spacial score (nSPS) is 17.1. The number of rotatable bonds is 3. The summed E-state index contributed by atoms with van der Waals surface area (Å²) < 4.78 is 13.3. The van der Waals surface area contributed by atoms with Crippen LogP contribution in [0, 0.1) is 0 Å². The van der Waals surface area contributed by atoms with Gasteiger partial charge in [-0.25, -0.2) is 0 Å². The van der Waals surface area contributed by atoms with Gasteiger partial charge in [0.2, 0.25) is 5.91 Å². The fraction of sp³-hybridized carbons (Fsp3) is 0.500. The third-order valence-electron chi connectivity index (χ3n) is 4.89. The summed E-state index contributed by atoms with van der Waals surface area (Å²) in [6, 6.07) is 5.74. The number of hydrogen-bond donors (Lipinski definition) is 0. The molecule has 132 valence electrons. The Morgan fingerprint density at radius 2 is 2.00 bits per heavy atom. The van der Waals surface area contributed by atoms with Gasteiger partial charge in [-0.15, -0.1) is 10.2 Å². The number of aryl methyl sites for hydroxylation is 1. The molecule has 2 aliphatic heterocycles. The molecule has 2 aliphatic rings. The fourth-order valence-corrected chi connectivity index (χ4v) is 3.41. The van der Waals surface area contributed by atoms with Crippen LogP contribution in [0.2, 0.25) is 0 Å². The maximum atomic E-state index is 12.9. The molecule has 7 nitrogen and oxygen atoms in total. The highest BCUT2D eigenvalue weighted by atomic mass is 16.6. The molecule has 0 aliphatic carbocycles. The van der Waals surface area contributed by atoms with Crippen LogP contribution in [0.4, 0.5) is 0 Å². The maximum Gasteiger partial charge on any atom is 0.230 e. The number of amides is 1. The number of fused-ring (bicyclic) bond motifs is 2. The molecule has 1 aromatic heterocycles. The summed E-state index contributed by atoms with van der Waals surface area (Å²) in [7, 11) is 0. The van der Waals surface area contributed by atoms with E-state index in [0.717, 1.165) is 41.7 Å². The molecule has 1 aromatic carbocycles. The lowest BCUT2D eigenvalue weighted by molar-refractivity contribution is -0.134. The summed E-state index contributed by atoms with van der Waals surface area (Å²) in [5, 5.41) is 8.44. The monoisotopic (exact) mass is 342 g/mol. The van der Waals surface area contributed by atoms with E-state index in [4.69, 9.17) is 9.47 Å². The first-order chi connectivity index (χ1) is 12.2. The molecule has 0 spiro atoms. The minimum Gasteiger partial charge on any atom is -0.486 e. The van der Waals surface area contributed by atoms with Crippen molar-refractivity contribution in [1.82, 2.24) is 19.7 Å². The average Bonchev–Trinajstić information content (AvgIpc) is 3.08. The Hall–Kier alpha value is -2.57. The topological polar surface area (TPSA) is 69.5 Å². The summed E-state index contributed by atoms with van der Waals surface area (Å²) in [5.41, 5.74) is 0.940. The van der Waals surface area contributed by atoms with Crippen LogP contribution in [-0.2, 0) is 24.3 Å². The molecule has 7 heteroatoms. The van der Waals surface area contributed by atoms with Gasteiger partial charge in [0, 0.05) is 19.5 Å². The third kappa shape index (κ3) is 2.83. The van der Waals surface area contributed by atoms with Gasteiger partial charge in [0.05, 0.1) is 12.5 Å². The standard InChI is InChI=1S/C18H22N4O3/c1-3-16-19-20-17-11-21(6-7-22(16)17)18(23)12(2)13-4-5-14-15(10-13)25-9-8-24-14/h4-5,10,12H,3,6-9,11H2,1-2H3. The summed E-state index contributed by atoms with van der Waals surface area (Å²) in [6.45, 7) is 7.07. The number of ether oxygens (including phenoxy) is 2. The minimum absolute atomic E-state index is 0.101. The van der Waals surface area contributed by atoms with Gasteiger partial charge in [0.1, 0.15) is 19.0 Å².